The van der Waals surface area contributed by atoms with Crippen molar-refractivity contribution < 1.29 is 9.32 Å². The van der Waals surface area contributed by atoms with Gasteiger partial charge < -0.3 is 9.84 Å². The zero-order valence-electron chi connectivity index (χ0n) is 16.7. The minimum atomic E-state index is -0.411. The third kappa shape index (κ3) is 3.45. The monoisotopic (exact) mass is 402 g/mol. The number of carbonyl (C=O) groups excluding carboxylic acids is 1. The second-order valence-corrected chi connectivity index (χ2v) is 7.69. The Morgan fingerprint density at radius 2 is 1.97 bits per heavy atom. The van der Waals surface area contributed by atoms with Crippen molar-refractivity contribution in [2.45, 2.75) is 44.7 Å². The van der Waals surface area contributed by atoms with Gasteiger partial charge >= 0.3 is 0 Å². The summed E-state index contributed by atoms with van der Waals surface area (Å²) < 4.78 is 7.44. The molecule has 2 heterocycles. The van der Waals surface area contributed by atoms with Crippen molar-refractivity contribution in [1.29, 1.82) is 0 Å². The SMILES string of the molecule is C[C@@H](NC(=O)c1ccccc1)c1nc(-c2ccc3c(c2)nnn3C2CCCC2)no1. The van der Waals surface area contributed by atoms with E-state index in [1.165, 1.54) is 12.8 Å². The molecule has 30 heavy (non-hydrogen) atoms. The number of nitrogens with zero attached hydrogens (tertiary/aromatic N) is 5. The van der Waals surface area contributed by atoms with Gasteiger partial charge in [0.1, 0.15) is 11.6 Å². The number of aromatic nitrogens is 5. The van der Waals surface area contributed by atoms with Gasteiger partial charge in [-0.25, -0.2) is 4.68 Å². The molecule has 1 fully saturated rings. The van der Waals surface area contributed by atoms with Crippen LogP contribution in [0.3, 0.4) is 0 Å². The fourth-order valence-corrected chi connectivity index (χ4v) is 3.96. The summed E-state index contributed by atoms with van der Waals surface area (Å²) in [4.78, 5) is 16.8. The van der Waals surface area contributed by atoms with Crippen LogP contribution in [0, 0.1) is 0 Å². The molecule has 1 saturated carbocycles. The lowest BCUT2D eigenvalue weighted by atomic mass is 10.1. The lowest BCUT2D eigenvalue weighted by Crippen LogP contribution is -2.26. The number of benzene rings is 2. The van der Waals surface area contributed by atoms with Crippen molar-refractivity contribution in [1.82, 2.24) is 30.5 Å². The van der Waals surface area contributed by atoms with Crippen LogP contribution in [0.5, 0.6) is 0 Å². The van der Waals surface area contributed by atoms with Crippen LogP contribution in [0.4, 0.5) is 0 Å². The molecule has 1 aliphatic carbocycles. The molecule has 1 aliphatic rings. The molecule has 0 saturated heterocycles. The van der Waals surface area contributed by atoms with E-state index in [2.05, 4.69) is 25.8 Å². The molecule has 1 N–H and O–H groups in total. The summed E-state index contributed by atoms with van der Waals surface area (Å²) in [7, 11) is 0. The molecule has 1 atom stereocenters. The van der Waals surface area contributed by atoms with E-state index in [-0.39, 0.29) is 5.91 Å². The average molecular weight is 402 g/mol. The summed E-state index contributed by atoms with van der Waals surface area (Å²) in [6.07, 6.45) is 4.80. The second-order valence-electron chi connectivity index (χ2n) is 7.69. The van der Waals surface area contributed by atoms with Crippen molar-refractivity contribution >= 4 is 16.9 Å². The highest BCUT2D eigenvalue weighted by Crippen LogP contribution is 2.32. The van der Waals surface area contributed by atoms with E-state index in [1.54, 1.807) is 12.1 Å². The van der Waals surface area contributed by atoms with Crippen LogP contribution in [-0.2, 0) is 0 Å². The Morgan fingerprint density at radius 3 is 2.77 bits per heavy atom. The smallest absolute Gasteiger partial charge is 0.251 e. The molecule has 2 aromatic heterocycles. The minimum Gasteiger partial charge on any atom is -0.341 e. The fourth-order valence-electron chi connectivity index (χ4n) is 3.96. The maximum absolute atomic E-state index is 12.3. The molecule has 2 aromatic carbocycles. The summed E-state index contributed by atoms with van der Waals surface area (Å²) in [5.74, 6) is 0.625. The van der Waals surface area contributed by atoms with Crippen LogP contribution in [-0.4, -0.2) is 31.0 Å². The van der Waals surface area contributed by atoms with Crippen LogP contribution in [0.25, 0.3) is 22.4 Å². The molecular formula is C22H22N6O2. The molecule has 0 spiro atoms. The predicted octanol–water partition coefficient (Wildman–Crippen LogP) is 4.09. The van der Waals surface area contributed by atoms with Crippen molar-refractivity contribution in [3.05, 3.63) is 60.0 Å². The van der Waals surface area contributed by atoms with Crippen LogP contribution in [0.2, 0.25) is 0 Å². The number of hydrogen-bond acceptors (Lipinski definition) is 6. The van der Waals surface area contributed by atoms with Crippen LogP contribution < -0.4 is 5.32 Å². The van der Waals surface area contributed by atoms with E-state index in [0.29, 0.717) is 23.3 Å². The first-order valence-electron chi connectivity index (χ1n) is 10.2. The number of carbonyl (C=O) groups is 1. The van der Waals surface area contributed by atoms with Gasteiger partial charge in [0.2, 0.25) is 11.7 Å². The summed E-state index contributed by atoms with van der Waals surface area (Å²) in [6.45, 7) is 1.81. The number of fused-ring (bicyclic) bond motifs is 1. The Balaban J connectivity index is 1.34. The van der Waals surface area contributed by atoms with E-state index in [1.807, 2.05) is 48.0 Å². The first-order chi connectivity index (χ1) is 14.7. The van der Waals surface area contributed by atoms with Gasteiger partial charge in [0.05, 0.1) is 11.6 Å². The van der Waals surface area contributed by atoms with Gasteiger partial charge in [0.25, 0.3) is 5.91 Å². The zero-order chi connectivity index (χ0) is 20.5. The van der Waals surface area contributed by atoms with E-state index in [0.717, 1.165) is 29.4 Å². The number of amides is 1. The van der Waals surface area contributed by atoms with Gasteiger partial charge in [-0.05, 0) is 50.1 Å². The Morgan fingerprint density at radius 1 is 1.17 bits per heavy atom. The van der Waals surface area contributed by atoms with Crippen LogP contribution >= 0.6 is 0 Å². The molecule has 0 aliphatic heterocycles. The fraction of sp³-hybridized carbons (Fsp3) is 0.318. The normalized spacial score (nSPS) is 15.5. The Labute approximate surface area is 173 Å². The predicted molar refractivity (Wildman–Crippen MR) is 111 cm³/mol. The minimum absolute atomic E-state index is 0.187. The number of nitrogens with one attached hydrogen (secondary N) is 1. The highest BCUT2D eigenvalue weighted by Gasteiger charge is 2.21. The molecular weight excluding hydrogens is 380 g/mol. The molecule has 0 bridgehead atoms. The molecule has 1 amide bonds. The molecule has 0 radical (unpaired) electrons. The maximum atomic E-state index is 12.3. The third-order valence-electron chi connectivity index (χ3n) is 5.60. The van der Waals surface area contributed by atoms with Gasteiger partial charge in [0.15, 0.2) is 0 Å². The van der Waals surface area contributed by atoms with Crippen molar-refractivity contribution in [2.75, 3.05) is 0 Å². The quantitative estimate of drug-likeness (QED) is 0.540. The standard InChI is InChI=1S/C22H22N6O2/c1-14(23-21(29)15-7-3-2-4-8-15)22-24-20(26-30-22)16-11-12-19-18(13-16)25-27-28(19)17-9-5-6-10-17/h2-4,7-8,11-14,17H,5-6,9-10H2,1H3,(H,23,29)/t14-/m1/s1. The highest BCUT2D eigenvalue weighted by atomic mass is 16.5. The van der Waals surface area contributed by atoms with Crippen LogP contribution in [0.15, 0.2) is 53.1 Å². The zero-order valence-corrected chi connectivity index (χ0v) is 16.7. The van der Waals surface area contributed by atoms with Crippen molar-refractivity contribution in [3.63, 3.8) is 0 Å². The summed E-state index contributed by atoms with van der Waals surface area (Å²) in [5, 5.41) is 15.7. The maximum Gasteiger partial charge on any atom is 0.251 e. The third-order valence-corrected chi connectivity index (χ3v) is 5.60. The first kappa shape index (κ1) is 18.5. The Hall–Kier alpha value is -3.55. The number of hydrogen-bond donors (Lipinski definition) is 1. The first-order valence-corrected chi connectivity index (χ1v) is 10.2. The van der Waals surface area contributed by atoms with E-state index < -0.39 is 6.04 Å². The second kappa shape index (κ2) is 7.70. The van der Waals surface area contributed by atoms with Crippen LogP contribution in [0.1, 0.15) is 60.9 Å². The van der Waals surface area contributed by atoms with Crippen molar-refractivity contribution in [3.8, 4) is 11.4 Å². The largest absolute Gasteiger partial charge is 0.341 e. The van der Waals surface area contributed by atoms with E-state index in [9.17, 15) is 4.79 Å². The highest BCUT2D eigenvalue weighted by molar-refractivity contribution is 5.94. The molecule has 0 unspecified atom stereocenters. The lowest BCUT2D eigenvalue weighted by molar-refractivity contribution is 0.0932. The van der Waals surface area contributed by atoms with E-state index in [4.69, 9.17) is 4.52 Å². The van der Waals surface area contributed by atoms with Gasteiger partial charge in [-0.15, -0.1) is 5.10 Å². The van der Waals surface area contributed by atoms with Crippen molar-refractivity contribution in [2.24, 2.45) is 0 Å². The number of rotatable bonds is 5. The molecule has 8 heteroatoms. The molecule has 4 aromatic rings. The molecule has 152 valence electrons. The topological polar surface area (TPSA) is 98.7 Å². The molecule has 5 rings (SSSR count). The Bertz CT molecular complexity index is 1180. The molecule has 8 nitrogen and oxygen atoms in total. The Kier molecular flexibility index (Phi) is 4.74. The van der Waals surface area contributed by atoms with Gasteiger partial charge in [-0.1, -0.05) is 41.4 Å². The average Bonchev–Trinajstić information content (AvgIpc) is 3.53. The van der Waals surface area contributed by atoms with Gasteiger partial charge in [-0.2, -0.15) is 4.98 Å². The summed E-state index contributed by atoms with van der Waals surface area (Å²) >= 11 is 0. The van der Waals surface area contributed by atoms with Gasteiger partial charge in [-0.3, -0.25) is 4.79 Å². The van der Waals surface area contributed by atoms with E-state index >= 15 is 0 Å². The van der Waals surface area contributed by atoms with Gasteiger partial charge in [0, 0.05) is 11.1 Å². The lowest BCUT2D eigenvalue weighted by Gasteiger charge is -2.09. The summed E-state index contributed by atoms with van der Waals surface area (Å²) in [6, 6.07) is 15.0. The summed E-state index contributed by atoms with van der Waals surface area (Å²) in [5.41, 5.74) is 3.23.